The summed E-state index contributed by atoms with van der Waals surface area (Å²) in [6.07, 6.45) is -0.910. The molecule has 2 heterocycles. The summed E-state index contributed by atoms with van der Waals surface area (Å²) in [5.74, 6) is -0.321. The molecule has 4 nitrogen and oxygen atoms in total. The Morgan fingerprint density at radius 1 is 1.33 bits per heavy atom. The van der Waals surface area contributed by atoms with Crippen LogP contribution in [0.3, 0.4) is 0 Å². The third-order valence-electron chi connectivity index (χ3n) is 2.45. The molecule has 0 amide bonds. The first-order chi connectivity index (χ1) is 5.74. The minimum Gasteiger partial charge on any atom is -0.390 e. The van der Waals surface area contributed by atoms with Gasteiger partial charge in [-0.15, -0.1) is 6.58 Å². The predicted molar refractivity (Wildman–Crippen MR) is 40.3 cm³/mol. The normalized spacial score (nSPS) is 52.3. The van der Waals surface area contributed by atoms with E-state index < -0.39 is 18.5 Å². The van der Waals surface area contributed by atoms with Crippen molar-refractivity contribution in [2.24, 2.45) is 5.92 Å². The first-order valence-electron chi connectivity index (χ1n) is 4.00. The highest BCUT2D eigenvalue weighted by atomic mass is 16.7. The fourth-order valence-electron chi connectivity index (χ4n) is 1.68. The van der Waals surface area contributed by atoms with Gasteiger partial charge < -0.3 is 19.7 Å². The molecule has 0 aromatic rings. The van der Waals surface area contributed by atoms with Gasteiger partial charge in [-0.3, -0.25) is 0 Å². The van der Waals surface area contributed by atoms with Gasteiger partial charge in [-0.05, 0) is 0 Å². The summed E-state index contributed by atoms with van der Waals surface area (Å²) in [6.45, 7) is 3.91. The molecule has 2 saturated heterocycles. The standard InChI is InChI=1S/C8H12O4/c1-2-4-6(9)7(10)5-3-11-8(4)12-5/h2,4-10H,1,3H2. The molecule has 2 bridgehead atoms. The second kappa shape index (κ2) is 2.81. The second-order valence-corrected chi connectivity index (χ2v) is 3.17. The Kier molecular flexibility index (Phi) is 1.92. The Labute approximate surface area is 70.4 Å². The van der Waals surface area contributed by atoms with E-state index in [1.54, 1.807) is 6.08 Å². The zero-order valence-corrected chi connectivity index (χ0v) is 6.59. The molecule has 0 aliphatic carbocycles. The van der Waals surface area contributed by atoms with Crippen LogP contribution in [0.5, 0.6) is 0 Å². The maximum atomic E-state index is 9.54. The van der Waals surface area contributed by atoms with Crippen molar-refractivity contribution in [3.63, 3.8) is 0 Å². The van der Waals surface area contributed by atoms with Gasteiger partial charge in [0.1, 0.15) is 12.2 Å². The first kappa shape index (κ1) is 8.19. The predicted octanol–water partition coefficient (Wildman–Crippen LogP) is -0.735. The summed E-state index contributed by atoms with van der Waals surface area (Å²) in [5, 5.41) is 19.0. The van der Waals surface area contributed by atoms with Gasteiger partial charge in [0, 0.05) is 0 Å². The number of hydrogen-bond donors (Lipinski definition) is 2. The van der Waals surface area contributed by atoms with Gasteiger partial charge in [0.2, 0.25) is 0 Å². The molecule has 0 radical (unpaired) electrons. The van der Waals surface area contributed by atoms with Crippen LogP contribution in [0.4, 0.5) is 0 Å². The monoisotopic (exact) mass is 172 g/mol. The highest BCUT2D eigenvalue weighted by molar-refractivity contribution is 4.99. The Bertz CT molecular complexity index is 193. The Morgan fingerprint density at radius 3 is 2.75 bits per heavy atom. The molecule has 12 heavy (non-hydrogen) atoms. The summed E-state index contributed by atoms with van der Waals surface area (Å²) in [6, 6.07) is 0. The Hall–Kier alpha value is -0.420. The van der Waals surface area contributed by atoms with E-state index in [0.29, 0.717) is 6.61 Å². The van der Waals surface area contributed by atoms with Gasteiger partial charge in [-0.2, -0.15) is 0 Å². The number of aliphatic hydroxyl groups is 2. The number of rotatable bonds is 1. The molecule has 4 heteroatoms. The quantitative estimate of drug-likeness (QED) is 0.512. The van der Waals surface area contributed by atoms with Crippen molar-refractivity contribution in [3.05, 3.63) is 12.7 Å². The Morgan fingerprint density at radius 2 is 2.08 bits per heavy atom. The van der Waals surface area contributed by atoms with Gasteiger partial charge in [0.15, 0.2) is 6.29 Å². The van der Waals surface area contributed by atoms with E-state index in [1.165, 1.54) is 0 Å². The van der Waals surface area contributed by atoms with Crippen LogP contribution in [0.2, 0.25) is 0 Å². The summed E-state index contributed by atoms with van der Waals surface area (Å²) in [5.41, 5.74) is 0. The highest BCUT2D eigenvalue weighted by Crippen LogP contribution is 2.32. The minimum atomic E-state index is -0.855. The fraction of sp³-hybridized carbons (Fsp3) is 0.750. The van der Waals surface area contributed by atoms with E-state index in [1.807, 2.05) is 0 Å². The van der Waals surface area contributed by atoms with Crippen molar-refractivity contribution in [1.29, 1.82) is 0 Å². The SMILES string of the molecule is C=CC1C2OCC(O2)C(O)C1O. The molecule has 68 valence electrons. The van der Waals surface area contributed by atoms with Crippen molar-refractivity contribution in [1.82, 2.24) is 0 Å². The molecule has 5 unspecified atom stereocenters. The third-order valence-corrected chi connectivity index (χ3v) is 2.45. The average molecular weight is 172 g/mol. The maximum Gasteiger partial charge on any atom is 0.167 e. The van der Waals surface area contributed by atoms with Crippen molar-refractivity contribution in [2.45, 2.75) is 24.6 Å². The zero-order valence-electron chi connectivity index (χ0n) is 6.59. The van der Waals surface area contributed by atoms with Crippen LogP contribution in [0.15, 0.2) is 12.7 Å². The molecule has 5 atom stereocenters. The number of fused-ring (bicyclic) bond motifs is 2. The molecule has 2 aliphatic heterocycles. The number of aliphatic hydroxyl groups excluding tert-OH is 2. The molecule has 0 saturated carbocycles. The molecule has 0 aromatic carbocycles. The molecular weight excluding hydrogens is 160 g/mol. The molecular formula is C8H12O4. The lowest BCUT2D eigenvalue weighted by Gasteiger charge is -2.33. The maximum absolute atomic E-state index is 9.54. The van der Waals surface area contributed by atoms with Crippen LogP contribution >= 0.6 is 0 Å². The second-order valence-electron chi connectivity index (χ2n) is 3.17. The summed E-state index contributed by atoms with van der Waals surface area (Å²) in [4.78, 5) is 0. The van der Waals surface area contributed by atoms with Crippen LogP contribution in [0.1, 0.15) is 0 Å². The highest BCUT2D eigenvalue weighted by Gasteiger charge is 2.48. The lowest BCUT2D eigenvalue weighted by molar-refractivity contribution is -0.190. The lowest BCUT2D eigenvalue weighted by atomic mass is 9.93. The van der Waals surface area contributed by atoms with Crippen LogP contribution in [0.25, 0.3) is 0 Å². The average Bonchev–Trinajstić information content (AvgIpc) is 2.49. The van der Waals surface area contributed by atoms with Gasteiger partial charge in [0.25, 0.3) is 0 Å². The van der Waals surface area contributed by atoms with E-state index in [4.69, 9.17) is 9.47 Å². The Balaban J connectivity index is 2.19. The molecule has 2 N–H and O–H groups in total. The van der Waals surface area contributed by atoms with Crippen LogP contribution in [-0.4, -0.2) is 41.4 Å². The van der Waals surface area contributed by atoms with Crippen molar-refractivity contribution in [3.8, 4) is 0 Å². The van der Waals surface area contributed by atoms with Crippen LogP contribution in [-0.2, 0) is 9.47 Å². The molecule has 2 rings (SSSR count). The number of ether oxygens (including phenoxy) is 2. The molecule has 2 aliphatic rings. The molecule has 2 fully saturated rings. The lowest BCUT2D eigenvalue weighted by Crippen LogP contribution is -2.49. The zero-order chi connectivity index (χ0) is 8.72. The third kappa shape index (κ3) is 0.998. The molecule has 0 aromatic heterocycles. The summed E-state index contributed by atoms with van der Waals surface area (Å²) < 4.78 is 10.5. The van der Waals surface area contributed by atoms with Crippen LogP contribution < -0.4 is 0 Å². The van der Waals surface area contributed by atoms with Crippen molar-refractivity contribution in [2.75, 3.05) is 6.61 Å². The van der Waals surface area contributed by atoms with Crippen molar-refractivity contribution >= 4 is 0 Å². The topological polar surface area (TPSA) is 58.9 Å². The van der Waals surface area contributed by atoms with Gasteiger partial charge in [0.05, 0.1) is 18.6 Å². The van der Waals surface area contributed by atoms with E-state index in [-0.39, 0.29) is 12.0 Å². The summed E-state index contributed by atoms with van der Waals surface area (Å²) >= 11 is 0. The largest absolute Gasteiger partial charge is 0.390 e. The van der Waals surface area contributed by atoms with E-state index in [0.717, 1.165) is 0 Å². The van der Waals surface area contributed by atoms with E-state index in [9.17, 15) is 10.2 Å². The van der Waals surface area contributed by atoms with Gasteiger partial charge >= 0.3 is 0 Å². The smallest absolute Gasteiger partial charge is 0.167 e. The van der Waals surface area contributed by atoms with E-state index >= 15 is 0 Å². The minimum absolute atomic E-state index is 0.321. The van der Waals surface area contributed by atoms with Crippen molar-refractivity contribution < 1.29 is 19.7 Å². The molecule has 0 spiro atoms. The van der Waals surface area contributed by atoms with Gasteiger partial charge in [-0.25, -0.2) is 0 Å². The first-order valence-corrected chi connectivity index (χ1v) is 4.00. The number of hydrogen-bond acceptors (Lipinski definition) is 4. The van der Waals surface area contributed by atoms with Crippen LogP contribution in [0, 0.1) is 5.92 Å². The fourth-order valence-corrected chi connectivity index (χ4v) is 1.68. The van der Waals surface area contributed by atoms with Gasteiger partial charge in [-0.1, -0.05) is 6.08 Å². The summed E-state index contributed by atoms with van der Waals surface area (Å²) in [7, 11) is 0. The van der Waals surface area contributed by atoms with E-state index in [2.05, 4.69) is 6.58 Å².